The normalized spacial score (nSPS) is 10.1. The molecule has 3 aromatic rings. The van der Waals surface area contributed by atoms with Gasteiger partial charge >= 0.3 is 5.97 Å². The number of hydrogen-bond acceptors (Lipinski definition) is 5. The molecule has 0 unspecified atom stereocenters. The van der Waals surface area contributed by atoms with Crippen LogP contribution < -0.4 is 4.74 Å². The van der Waals surface area contributed by atoms with Crippen molar-refractivity contribution in [3.8, 4) is 16.9 Å². The van der Waals surface area contributed by atoms with Crippen LogP contribution in [0, 0.1) is 18.2 Å². The molecule has 178 valence electrons. The molecule has 0 fully saturated rings. The highest BCUT2D eigenvalue weighted by Crippen LogP contribution is 2.28. The molecule has 0 aliphatic heterocycles. The number of rotatable bonds is 8. The number of aliphatic imine (C=N–C) groups is 1. The third-order valence-electron chi connectivity index (χ3n) is 4.80. The highest BCUT2D eigenvalue weighted by molar-refractivity contribution is 5.99. The first-order chi connectivity index (χ1) is 16.3. The summed E-state index contributed by atoms with van der Waals surface area (Å²) in [5.41, 5.74) is 5.90. The molecule has 0 bridgehead atoms. The van der Waals surface area contributed by atoms with Crippen LogP contribution in [0.5, 0.6) is 5.75 Å². The van der Waals surface area contributed by atoms with E-state index in [0.717, 1.165) is 17.2 Å². The zero-order valence-corrected chi connectivity index (χ0v) is 19.0. The van der Waals surface area contributed by atoms with Gasteiger partial charge in [-0.25, -0.2) is 14.2 Å². The molecule has 0 spiro atoms. The number of methoxy groups -OCH3 is 1. The molecule has 0 heterocycles. The number of amidine groups is 1. The minimum atomic E-state index is -1.19. The van der Waals surface area contributed by atoms with Crippen molar-refractivity contribution in [3.05, 3.63) is 88.7 Å². The minimum absolute atomic E-state index is 0.0603. The number of carboxylic acid groups (broad SMARTS) is 1. The highest BCUT2D eigenvalue weighted by atomic mass is 19.1. The number of aliphatic hydroxyl groups excluding tert-OH is 1. The number of aliphatic carboxylic acids is 1. The summed E-state index contributed by atoms with van der Waals surface area (Å²) in [6.45, 7) is 5.24. The number of ether oxygens (including phenoxy) is 2. The topological polar surface area (TPSA) is 112 Å². The number of nitrogens with one attached hydrogen (secondary N) is 1. The minimum Gasteiger partial charge on any atom is -0.479 e. The van der Waals surface area contributed by atoms with Crippen LogP contribution in [-0.4, -0.2) is 42.5 Å². The average Bonchev–Trinajstić information content (AvgIpc) is 2.83. The van der Waals surface area contributed by atoms with E-state index in [1.54, 1.807) is 7.11 Å². The largest absolute Gasteiger partial charge is 0.479 e. The maximum Gasteiger partial charge on any atom is 0.341 e. The Morgan fingerprint density at radius 2 is 1.85 bits per heavy atom. The van der Waals surface area contributed by atoms with Crippen molar-refractivity contribution in [2.45, 2.75) is 20.1 Å². The van der Waals surface area contributed by atoms with Crippen LogP contribution in [0.4, 0.5) is 4.39 Å². The molecule has 0 saturated carbocycles. The van der Waals surface area contributed by atoms with Crippen molar-refractivity contribution >= 4 is 18.5 Å². The fourth-order valence-corrected chi connectivity index (χ4v) is 3.15. The molecule has 0 amide bonds. The number of hydrogen-bond donors (Lipinski definition) is 3. The number of halogens is 1. The van der Waals surface area contributed by atoms with Crippen molar-refractivity contribution < 1.29 is 28.9 Å². The van der Waals surface area contributed by atoms with Gasteiger partial charge < -0.3 is 19.7 Å². The van der Waals surface area contributed by atoms with Crippen LogP contribution in [0.25, 0.3) is 11.1 Å². The van der Waals surface area contributed by atoms with E-state index in [1.165, 1.54) is 28.8 Å². The molecule has 0 aliphatic rings. The van der Waals surface area contributed by atoms with Gasteiger partial charge in [0.15, 0.2) is 24.0 Å². The molecule has 0 saturated heterocycles. The number of benzene rings is 3. The summed E-state index contributed by atoms with van der Waals surface area (Å²) in [6, 6.07) is 18.0. The maximum atomic E-state index is 13.3. The van der Waals surface area contributed by atoms with Crippen molar-refractivity contribution in [1.82, 2.24) is 0 Å². The van der Waals surface area contributed by atoms with Crippen LogP contribution in [0.1, 0.15) is 22.3 Å². The lowest BCUT2D eigenvalue weighted by Crippen LogP contribution is -2.10. The molecule has 0 aliphatic carbocycles. The summed E-state index contributed by atoms with van der Waals surface area (Å²) in [5.74, 6) is -2.28. The Morgan fingerprint density at radius 3 is 2.44 bits per heavy atom. The lowest BCUT2D eigenvalue weighted by molar-refractivity contribution is -0.139. The summed E-state index contributed by atoms with van der Waals surface area (Å²) in [4.78, 5) is 13.5. The monoisotopic (exact) mass is 466 g/mol. The van der Waals surface area contributed by atoms with Crippen LogP contribution in [-0.2, 0) is 22.7 Å². The molecule has 3 rings (SSSR count). The summed E-state index contributed by atoms with van der Waals surface area (Å²) >= 11 is 0. The molecule has 3 N–H and O–H groups in total. The maximum absolute atomic E-state index is 13.3. The molecule has 0 radical (unpaired) electrons. The number of aryl methyl sites for hydroxylation is 1. The summed E-state index contributed by atoms with van der Waals surface area (Å²) in [6.07, 6.45) is 0. The Hall–Kier alpha value is -3.88. The third-order valence-corrected chi connectivity index (χ3v) is 4.80. The lowest BCUT2D eigenvalue weighted by Gasteiger charge is -2.13. The molecule has 34 heavy (non-hydrogen) atoms. The van der Waals surface area contributed by atoms with Gasteiger partial charge in [0, 0.05) is 12.7 Å². The second-order valence-corrected chi connectivity index (χ2v) is 7.23. The van der Waals surface area contributed by atoms with E-state index >= 15 is 0 Å². The summed E-state index contributed by atoms with van der Waals surface area (Å²) in [5, 5.41) is 24.8. The zero-order chi connectivity index (χ0) is 25.1. The van der Waals surface area contributed by atoms with Gasteiger partial charge in [-0.15, -0.1) is 0 Å². The second-order valence-electron chi connectivity index (χ2n) is 7.23. The Balaban J connectivity index is 0.000000242. The average molecular weight is 467 g/mol. The molecule has 8 heteroatoms. The van der Waals surface area contributed by atoms with E-state index in [4.69, 9.17) is 15.3 Å². The van der Waals surface area contributed by atoms with Gasteiger partial charge in [-0.05, 0) is 59.7 Å². The number of aliphatic hydroxyl groups is 1. The van der Waals surface area contributed by atoms with E-state index in [1.807, 2.05) is 24.3 Å². The number of carbonyl (C=O) groups is 1. The first kappa shape index (κ1) is 26.4. The predicted molar refractivity (Wildman–Crippen MR) is 129 cm³/mol. The Morgan fingerprint density at radius 1 is 1.12 bits per heavy atom. The third kappa shape index (κ3) is 7.33. The Bertz CT molecular complexity index is 1160. The van der Waals surface area contributed by atoms with E-state index in [0.29, 0.717) is 6.61 Å². The summed E-state index contributed by atoms with van der Waals surface area (Å²) in [7, 11) is 1.69. The van der Waals surface area contributed by atoms with Crippen molar-refractivity contribution in [3.63, 3.8) is 0 Å². The van der Waals surface area contributed by atoms with Gasteiger partial charge in [0.25, 0.3) is 0 Å². The lowest BCUT2D eigenvalue weighted by atomic mass is 9.95. The van der Waals surface area contributed by atoms with Crippen molar-refractivity contribution in [2.75, 3.05) is 13.7 Å². The van der Waals surface area contributed by atoms with Gasteiger partial charge in [0.1, 0.15) is 0 Å². The fourth-order valence-electron chi connectivity index (χ4n) is 3.15. The van der Waals surface area contributed by atoms with Gasteiger partial charge in [0.05, 0.1) is 13.2 Å². The quantitative estimate of drug-likeness (QED) is 0.331. The van der Waals surface area contributed by atoms with Crippen LogP contribution in [0.15, 0.2) is 65.7 Å². The predicted octanol–water partition coefficient (Wildman–Crippen LogP) is 4.62. The smallest absolute Gasteiger partial charge is 0.341 e. The standard InChI is InChI=1S/C16H18O2.C10H9FN2O3/c1-12-5-3-4-6-15(12)16-8-7-13(10-17)9-14(16)11-18-2;1-13-10(12)6-2-3-8(7(11)4-6)16-5-9(14)15/h3-9,17H,10-11H2,1-2H3;2-4,12H,1,5H2,(H,14,15). The molecule has 3 aromatic carbocycles. The number of carboxylic acids is 1. The van der Waals surface area contributed by atoms with E-state index < -0.39 is 18.4 Å². The first-order valence-electron chi connectivity index (χ1n) is 10.3. The Kier molecular flexibility index (Phi) is 10.1. The Labute approximate surface area is 197 Å². The molecule has 0 aromatic heterocycles. The zero-order valence-electron chi connectivity index (χ0n) is 19.0. The van der Waals surface area contributed by atoms with E-state index in [9.17, 15) is 14.3 Å². The van der Waals surface area contributed by atoms with Gasteiger partial charge in [-0.2, -0.15) is 0 Å². The molecule has 0 atom stereocenters. The first-order valence-corrected chi connectivity index (χ1v) is 10.3. The number of nitrogens with zero attached hydrogens (tertiary/aromatic N) is 1. The summed E-state index contributed by atoms with van der Waals surface area (Å²) < 4.78 is 23.2. The van der Waals surface area contributed by atoms with Crippen LogP contribution >= 0.6 is 0 Å². The van der Waals surface area contributed by atoms with Crippen molar-refractivity contribution in [2.24, 2.45) is 4.99 Å². The second kappa shape index (κ2) is 13.0. The van der Waals surface area contributed by atoms with Gasteiger partial charge in [-0.1, -0.05) is 42.5 Å². The van der Waals surface area contributed by atoms with E-state index in [2.05, 4.69) is 41.6 Å². The van der Waals surface area contributed by atoms with Gasteiger partial charge in [0.2, 0.25) is 0 Å². The fraction of sp³-hybridized carbons (Fsp3) is 0.192. The molecular formula is C26H27FN2O5. The van der Waals surface area contributed by atoms with E-state index in [-0.39, 0.29) is 23.8 Å². The van der Waals surface area contributed by atoms with Crippen LogP contribution in [0.2, 0.25) is 0 Å². The molecular weight excluding hydrogens is 439 g/mol. The highest BCUT2D eigenvalue weighted by Gasteiger charge is 2.09. The molecule has 7 nitrogen and oxygen atoms in total. The van der Waals surface area contributed by atoms with Crippen molar-refractivity contribution in [1.29, 1.82) is 5.41 Å². The SMILES string of the molecule is C=NC(=N)c1ccc(OCC(=O)O)c(F)c1.COCc1cc(CO)ccc1-c1ccccc1C. The van der Waals surface area contributed by atoms with Gasteiger partial charge in [-0.3, -0.25) is 5.41 Å². The van der Waals surface area contributed by atoms with Crippen LogP contribution in [0.3, 0.4) is 0 Å².